The molecule has 158 valence electrons. The molecule has 29 heavy (non-hydrogen) atoms. The molecule has 5 nitrogen and oxygen atoms in total. The lowest BCUT2D eigenvalue weighted by atomic mass is 9.91. The molecule has 0 aliphatic carbocycles. The standard InChI is InChI=1S/C22H27FO5S/c1-14(2)19-10-17(11-20(15(3)4)21(19)28-29(23,24)25)22-26-12-18(13-27-22)16-8-6-5-7-9-16/h5-11,14-15,18,22H,12-13H2,1-4H3. The first-order chi connectivity index (χ1) is 13.7. The number of hydrogen-bond donors (Lipinski definition) is 0. The summed E-state index contributed by atoms with van der Waals surface area (Å²) in [6.07, 6.45) is -0.569. The molecule has 1 aliphatic rings. The van der Waals surface area contributed by atoms with Gasteiger partial charge in [-0.3, -0.25) is 0 Å². The highest BCUT2D eigenvalue weighted by Crippen LogP contribution is 2.40. The molecule has 0 spiro atoms. The maximum absolute atomic E-state index is 13.3. The normalized spacial score (nSPS) is 20.2. The third-order valence-electron chi connectivity index (χ3n) is 5.04. The monoisotopic (exact) mass is 422 g/mol. The fourth-order valence-electron chi connectivity index (χ4n) is 3.50. The van der Waals surface area contributed by atoms with E-state index in [1.165, 1.54) is 0 Å². The fraction of sp³-hybridized carbons (Fsp3) is 0.455. The van der Waals surface area contributed by atoms with Crippen molar-refractivity contribution in [1.82, 2.24) is 0 Å². The molecule has 0 bridgehead atoms. The molecule has 0 radical (unpaired) electrons. The van der Waals surface area contributed by atoms with E-state index in [2.05, 4.69) is 12.1 Å². The van der Waals surface area contributed by atoms with Crippen molar-refractivity contribution in [3.8, 4) is 5.75 Å². The third kappa shape index (κ3) is 5.35. The molecular formula is C22H27FO5S. The van der Waals surface area contributed by atoms with Crippen molar-refractivity contribution in [3.63, 3.8) is 0 Å². The molecule has 0 unspecified atom stereocenters. The number of benzene rings is 2. The van der Waals surface area contributed by atoms with Crippen LogP contribution in [0.3, 0.4) is 0 Å². The van der Waals surface area contributed by atoms with Gasteiger partial charge >= 0.3 is 10.5 Å². The van der Waals surface area contributed by atoms with Gasteiger partial charge in [-0.1, -0.05) is 61.9 Å². The molecule has 0 saturated carbocycles. The number of rotatable bonds is 6. The lowest BCUT2D eigenvalue weighted by Crippen LogP contribution is -2.26. The summed E-state index contributed by atoms with van der Waals surface area (Å²) in [4.78, 5) is 0. The van der Waals surface area contributed by atoms with Crippen LogP contribution in [-0.2, 0) is 20.0 Å². The Kier molecular flexibility index (Phi) is 6.61. The minimum absolute atomic E-state index is 0.0548. The van der Waals surface area contributed by atoms with Gasteiger partial charge in [0.2, 0.25) is 0 Å². The van der Waals surface area contributed by atoms with Crippen LogP contribution in [0.4, 0.5) is 3.89 Å². The molecule has 3 rings (SSSR count). The second kappa shape index (κ2) is 8.81. The fourth-order valence-corrected chi connectivity index (χ4v) is 3.89. The van der Waals surface area contributed by atoms with Crippen molar-refractivity contribution >= 4 is 10.5 Å². The Labute approximate surface area is 172 Å². The zero-order chi connectivity index (χ0) is 21.2. The third-order valence-corrected chi connectivity index (χ3v) is 5.40. The minimum atomic E-state index is -5.13. The Morgan fingerprint density at radius 1 is 0.931 bits per heavy atom. The van der Waals surface area contributed by atoms with E-state index in [0.717, 1.165) is 11.1 Å². The second-order valence-electron chi connectivity index (χ2n) is 7.92. The quantitative estimate of drug-likeness (QED) is 0.587. The predicted molar refractivity (Wildman–Crippen MR) is 109 cm³/mol. The second-order valence-corrected chi connectivity index (χ2v) is 8.87. The Morgan fingerprint density at radius 3 is 1.90 bits per heavy atom. The summed E-state index contributed by atoms with van der Waals surface area (Å²) < 4.78 is 52.4. The summed E-state index contributed by atoms with van der Waals surface area (Å²) in [5.74, 6) is 0.0508. The molecule has 1 aliphatic heterocycles. The van der Waals surface area contributed by atoms with E-state index in [4.69, 9.17) is 13.7 Å². The highest BCUT2D eigenvalue weighted by Gasteiger charge is 2.28. The molecule has 7 heteroatoms. The average Bonchev–Trinajstić information content (AvgIpc) is 2.67. The molecule has 0 aromatic heterocycles. The van der Waals surface area contributed by atoms with E-state index in [0.29, 0.717) is 24.3 Å². The van der Waals surface area contributed by atoms with Gasteiger partial charge in [0.25, 0.3) is 0 Å². The molecule has 0 atom stereocenters. The molecule has 1 heterocycles. The smallest absolute Gasteiger partial charge is 0.358 e. The highest BCUT2D eigenvalue weighted by atomic mass is 32.3. The molecule has 0 N–H and O–H groups in total. The zero-order valence-corrected chi connectivity index (χ0v) is 17.9. The van der Waals surface area contributed by atoms with E-state index in [1.54, 1.807) is 12.1 Å². The summed E-state index contributed by atoms with van der Waals surface area (Å²) in [6, 6.07) is 13.6. The van der Waals surface area contributed by atoms with Gasteiger partial charge in [0.05, 0.1) is 13.2 Å². The van der Waals surface area contributed by atoms with Crippen LogP contribution in [0.1, 0.15) is 74.0 Å². The van der Waals surface area contributed by atoms with Crippen molar-refractivity contribution in [2.75, 3.05) is 13.2 Å². The average molecular weight is 423 g/mol. The van der Waals surface area contributed by atoms with Gasteiger partial charge in [-0.2, -0.15) is 8.42 Å². The van der Waals surface area contributed by atoms with E-state index in [-0.39, 0.29) is 23.5 Å². The van der Waals surface area contributed by atoms with E-state index >= 15 is 0 Å². The Bertz CT molecular complexity index is 904. The van der Waals surface area contributed by atoms with Crippen LogP contribution in [0.5, 0.6) is 5.75 Å². The van der Waals surface area contributed by atoms with Gasteiger partial charge in [0, 0.05) is 11.5 Å². The van der Waals surface area contributed by atoms with Gasteiger partial charge in [0.15, 0.2) is 12.0 Å². The van der Waals surface area contributed by atoms with Crippen molar-refractivity contribution < 1.29 is 26.0 Å². The lowest BCUT2D eigenvalue weighted by molar-refractivity contribution is -0.191. The van der Waals surface area contributed by atoms with Crippen molar-refractivity contribution in [2.24, 2.45) is 0 Å². The van der Waals surface area contributed by atoms with Gasteiger partial charge in [-0.05, 0) is 40.7 Å². The topological polar surface area (TPSA) is 61.8 Å². The first kappa shape index (κ1) is 21.7. The van der Waals surface area contributed by atoms with Gasteiger partial charge in [-0.25, -0.2) is 0 Å². The molecule has 1 fully saturated rings. The van der Waals surface area contributed by atoms with Crippen LogP contribution in [0.25, 0.3) is 0 Å². The van der Waals surface area contributed by atoms with Crippen molar-refractivity contribution in [3.05, 3.63) is 64.7 Å². The summed E-state index contributed by atoms with van der Waals surface area (Å²) in [7, 11) is -5.13. The summed E-state index contributed by atoms with van der Waals surface area (Å²) in [6.45, 7) is 8.62. The summed E-state index contributed by atoms with van der Waals surface area (Å²) in [5, 5.41) is 0. The molecular weight excluding hydrogens is 395 g/mol. The summed E-state index contributed by atoms with van der Waals surface area (Å²) >= 11 is 0. The largest absolute Gasteiger partial charge is 0.488 e. The van der Waals surface area contributed by atoms with E-state index in [9.17, 15) is 12.3 Å². The van der Waals surface area contributed by atoms with Crippen LogP contribution < -0.4 is 4.18 Å². The molecule has 2 aromatic rings. The van der Waals surface area contributed by atoms with E-state index in [1.807, 2.05) is 45.9 Å². The Hall–Kier alpha value is -1.96. The first-order valence-electron chi connectivity index (χ1n) is 9.75. The number of halogens is 1. The zero-order valence-electron chi connectivity index (χ0n) is 17.1. The van der Waals surface area contributed by atoms with Crippen molar-refractivity contribution in [1.29, 1.82) is 0 Å². The predicted octanol–water partition coefficient (Wildman–Crippen LogP) is 5.36. The summed E-state index contributed by atoms with van der Waals surface area (Å²) in [5.41, 5.74) is 3.13. The lowest BCUT2D eigenvalue weighted by Gasteiger charge is -2.31. The SMILES string of the molecule is CC(C)c1cc(C2OCC(c3ccccc3)CO2)cc(C(C)C)c1OS(=O)(=O)F. The van der Waals surface area contributed by atoms with Crippen molar-refractivity contribution in [2.45, 2.75) is 51.7 Å². The maximum Gasteiger partial charge on any atom is 0.488 e. The van der Waals surface area contributed by atoms with E-state index < -0.39 is 16.8 Å². The van der Waals surface area contributed by atoms with Crippen LogP contribution in [0, 0.1) is 0 Å². The molecule has 2 aromatic carbocycles. The highest BCUT2D eigenvalue weighted by molar-refractivity contribution is 7.81. The maximum atomic E-state index is 13.3. The Morgan fingerprint density at radius 2 is 1.45 bits per heavy atom. The van der Waals surface area contributed by atoms with Gasteiger partial charge in [-0.15, -0.1) is 0 Å². The van der Waals surface area contributed by atoms with Gasteiger partial charge < -0.3 is 13.7 Å². The van der Waals surface area contributed by atoms with Crippen LogP contribution >= 0.6 is 0 Å². The van der Waals surface area contributed by atoms with Crippen LogP contribution in [0.2, 0.25) is 0 Å². The van der Waals surface area contributed by atoms with Crippen LogP contribution in [-0.4, -0.2) is 21.6 Å². The molecule has 0 amide bonds. The van der Waals surface area contributed by atoms with Gasteiger partial charge in [0.1, 0.15) is 0 Å². The number of hydrogen-bond acceptors (Lipinski definition) is 5. The molecule has 1 saturated heterocycles. The number of ether oxygens (including phenoxy) is 2. The Balaban J connectivity index is 1.90. The van der Waals surface area contributed by atoms with Crippen LogP contribution in [0.15, 0.2) is 42.5 Å². The first-order valence-corrected chi connectivity index (χ1v) is 11.1. The minimum Gasteiger partial charge on any atom is -0.358 e.